The highest BCUT2D eigenvalue weighted by Gasteiger charge is 2.17. The monoisotopic (exact) mass is 602 g/mol. The summed E-state index contributed by atoms with van der Waals surface area (Å²) in [7, 11) is 3.36. The third-order valence-electron chi connectivity index (χ3n) is 8.43. The Labute approximate surface area is 268 Å². The van der Waals surface area contributed by atoms with Gasteiger partial charge in [-0.2, -0.15) is 0 Å². The average Bonchev–Trinajstić information content (AvgIpc) is 3.92. The number of nitrogens with zero attached hydrogens (tertiary/aromatic N) is 2. The molecule has 5 aromatic rings. The van der Waals surface area contributed by atoms with Gasteiger partial charge in [0, 0.05) is 44.3 Å². The van der Waals surface area contributed by atoms with Crippen LogP contribution in [0.3, 0.4) is 0 Å². The molecule has 0 saturated heterocycles. The largest absolute Gasteiger partial charge is 0.497 e. The molecule has 0 amide bonds. The predicted octanol–water partition coefficient (Wildman–Crippen LogP) is 9.46. The number of H-pyrrole nitrogens is 2. The van der Waals surface area contributed by atoms with E-state index in [-0.39, 0.29) is 0 Å². The Morgan fingerprint density at radius 2 is 0.891 bits per heavy atom. The van der Waals surface area contributed by atoms with Crippen LogP contribution in [-0.4, -0.2) is 34.2 Å². The molecular weight excluding hydrogens is 568 g/mol. The second kappa shape index (κ2) is 12.3. The number of hydrogen-bond donors (Lipinski definition) is 2. The summed E-state index contributed by atoms with van der Waals surface area (Å²) < 4.78 is 10.9. The normalized spacial score (nSPS) is 11.9. The minimum atomic E-state index is 0.650. The molecule has 226 valence electrons. The molecule has 5 heterocycles. The molecule has 2 aliphatic rings. The second-order valence-corrected chi connectivity index (χ2v) is 11.2. The van der Waals surface area contributed by atoms with Crippen LogP contribution in [0.2, 0.25) is 0 Å². The Morgan fingerprint density at radius 1 is 0.522 bits per heavy atom. The van der Waals surface area contributed by atoms with Crippen LogP contribution in [0.15, 0.2) is 98.1 Å². The van der Waals surface area contributed by atoms with Crippen molar-refractivity contribution in [2.24, 2.45) is 0 Å². The molecule has 8 bridgehead atoms. The van der Waals surface area contributed by atoms with Crippen LogP contribution >= 0.6 is 0 Å². The van der Waals surface area contributed by atoms with Gasteiger partial charge in [-0.1, -0.05) is 36.4 Å². The molecule has 0 fully saturated rings. The van der Waals surface area contributed by atoms with Crippen molar-refractivity contribution in [2.45, 2.75) is 12.8 Å². The van der Waals surface area contributed by atoms with Crippen molar-refractivity contribution < 1.29 is 9.47 Å². The molecule has 2 aliphatic heterocycles. The van der Waals surface area contributed by atoms with E-state index in [2.05, 4.69) is 96.0 Å². The van der Waals surface area contributed by atoms with Crippen LogP contribution in [0.25, 0.3) is 68.6 Å². The van der Waals surface area contributed by atoms with Gasteiger partial charge >= 0.3 is 0 Å². The first kappa shape index (κ1) is 28.9. The lowest BCUT2D eigenvalue weighted by atomic mass is 10.0. The summed E-state index contributed by atoms with van der Waals surface area (Å²) in [6.45, 7) is 8.12. The van der Waals surface area contributed by atoms with Crippen LogP contribution in [0.1, 0.15) is 33.9 Å². The van der Waals surface area contributed by atoms with Crippen LogP contribution < -0.4 is 9.47 Å². The van der Waals surface area contributed by atoms with Gasteiger partial charge in [-0.05, 0) is 96.8 Å². The number of nitrogens with one attached hydrogen (secondary N) is 2. The summed E-state index contributed by atoms with van der Waals surface area (Å²) in [5, 5.41) is 0. The molecule has 3 aromatic heterocycles. The van der Waals surface area contributed by atoms with Crippen LogP contribution in [0.4, 0.5) is 0 Å². The third kappa shape index (κ3) is 5.24. The zero-order valence-corrected chi connectivity index (χ0v) is 25.9. The molecule has 0 unspecified atom stereocenters. The molecule has 2 aromatic carbocycles. The Balaban J connectivity index is 1.62. The molecule has 0 spiro atoms. The van der Waals surface area contributed by atoms with Crippen LogP contribution in [-0.2, 0) is 12.8 Å². The zero-order chi connectivity index (χ0) is 31.6. The van der Waals surface area contributed by atoms with Gasteiger partial charge in [0.15, 0.2) is 0 Å². The van der Waals surface area contributed by atoms with E-state index in [0.717, 1.165) is 89.7 Å². The van der Waals surface area contributed by atoms with Crippen molar-refractivity contribution in [3.8, 4) is 33.8 Å². The van der Waals surface area contributed by atoms with Crippen LogP contribution in [0.5, 0.6) is 11.5 Å². The van der Waals surface area contributed by atoms with E-state index in [4.69, 9.17) is 19.4 Å². The summed E-state index contributed by atoms with van der Waals surface area (Å²) in [6.07, 6.45) is 13.5. The van der Waals surface area contributed by atoms with Crippen LogP contribution in [0, 0.1) is 0 Å². The lowest BCUT2D eigenvalue weighted by Crippen LogP contribution is -1.92. The summed E-state index contributed by atoms with van der Waals surface area (Å²) >= 11 is 0. The Hall–Kier alpha value is -5.88. The first-order chi connectivity index (χ1) is 22.6. The molecule has 6 nitrogen and oxygen atoms in total. The van der Waals surface area contributed by atoms with E-state index in [0.29, 0.717) is 12.8 Å². The minimum absolute atomic E-state index is 0.650. The Morgan fingerprint density at radius 3 is 1.26 bits per heavy atom. The fourth-order valence-electron chi connectivity index (χ4n) is 6.16. The Kier molecular flexibility index (Phi) is 7.69. The zero-order valence-electron chi connectivity index (χ0n) is 25.9. The maximum atomic E-state index is 5.45. The van der Waals surface area contributed by atoms with E-state index in [1.165, 1.54) is 0 Å². The van der Waals surface area contributed by atoms with E-state index in [1.807, 2.05) is 36.4 Å². The van der Waals surface area contributed by atoms with Gasteiger partial charge in [0.2, 0.25) is 0 Å². The highest BCUT2D eigenvalue weighted by molar-refractivity contribution is 5.94. The van der Waals surface area contributed by atoms with Crippen molar-refractivity contribution in [1.29, 1.82) is 0 Å². The topological polar surface area (TPSA) is 75.8 Å². The number of fused-ring (bicyclic) bond motifs is 8. The SMILES string of the molecule is C=CCc1c2nc(c(-c3ccc(OC)cc3)c3ccc([nH]3)c(CC=C)c3nc(c(-c4ccc(OC)cc4)c4ccc1[nH]4)C=C3)C=C2. The van der Waals surface area contributed by atoms with Gasteiger partial charge < -0.3 is 19.4 Å². The molecule has 6 heteroatoms. The van der Waals surface area contributed by atoms with E-state index in [1.54, 1.807) is 14.2 Å². The van der Waals surface area contributed by atoms with Gasteiger partial charge in [0.25, 0.3) is 0 Å². The smallest absolute Gasteiger partial charge is 0.118 e. The number of ether oxygens (including phenoxy) is 2. The van der Waals surface area contributed by atoms with Crippen molar-refractivity contribution in [3.63, 3.8) is 0 Å². The predicted molar refractivity (Wildman–Crippen MR) is 191 cm³/mol. The van der Waals surface area contributed by atoms with E-state index in [9.17, 15) is 0 Å². The number of aromatic amines is 2. The fraction of sp³-hybridized carbons (Fsp3) is 0.100. The first-order valence-corrected chi connectivity index (χ1v) is 15.2. The number of benzene rings is 2. The number of hydrogen-bond acceptors (Lipinski definition) is 4. The quantitative estimate of drug-likeness (QED) is 0.170. The average molecular weight is 603 g/mol. The standard InChI is InChI=1S/C40H34N4O2/c1-5-7-29-31-17-21-35(41-31)39(25-9-13-27(45-3)14-10-25)37-23-19-33(43-37)30(8-6-2)34-20-24-38(44-34)40(36-22-18-32(29)42-36)26-11-15-28(46-4)16-12-26/h5-6,9-24,41,44H,1-2,7-8H2,3-4H3. The van der Waals surface area contributed by atoms with Gasteiger partial charge in [0.1, 0.15) is 11.5 Å². The lowest BCUT2D eigenvalue weighted by Gasteiger charge is -2.07. The summed E-state index contributed by atoms with van der Waals surface area (Å²) in [5.41, 5.74) is 13.6. The number of aromatic nitrogens is 4. The molecule has 2 N–H and O–H groups in total. The highest BCUT2D eigenvalue weighted by atomic mass is 16.5. The lowest BCUT2D eigenvalue weighted by molar-refractivity contribution is 0.415. The van der Waals surface area contributed by atoms with Gasteiger partial charge in [-0.15, -0.1) is 13.2 Å². The molecule has 0 saturated carbocycles. The maximum absolute atomic E-state index is 5.45. The second-order valence-electron chi connectivity index (χ2n) is 11.2. The Bertz CT molecular complexity index is 2040. The van der Waals surface area contributed by atoms with Gasteiger partial charge in [0.05, 0.1) is 37.0 Å². The number of rotatable bonds is 8. The summed E-state index contributed by atoms with van der Waals surface area (Å²) in [6, 6.07) is 24.7. The summed E-state index contributed by atoms with van der Waals surface area (Å²) in [4.78, 5) is 17.9. The maximum Gasteiger partial charge on any atom is 0.118 e. The van der Waals surface area contributed by atoms with Crippen molar-refractivity contribution >= 4 is 46.4 Å². The summed E-state index contributed by atoms with van der Waals surface area (Å²) in [5.74, 6) is 1.60. The minimum Gasteiger partial charge on any atom is -0.497 e. The molecular formula is C40H34N4O2. The third-order valence-corrected chi connectivity index (χ3v) is 8.43. The molecule has 0 atom stereocenters. The van der Waals surface area contributed by atoms with Crippen molar-refractivity contribution in [3.05, 3.63) is 132 Å². The molecule has 46 heavy (non-hydrogen) atoms. The van der Waals surface area contributed by atoms with E-state index < -0.39 is 0 Å². The molecule has 7 rings (SSSR count). The number of methoxy groups -OCH3 is 2. The first-order valence-electron chi connectivity index (χ1n) is 15.2. The van der Waals surface area contributed by atoms with E-state index >= 15 is 0 Å². The molecule has 0 aliphatic carbocycles. The highest BCUT2D eigenvalue weighted by Crippen LogP contribution is 2.35. The van der Waals surface area contributed by atoms with Crippen molar-refractivity contribution in [1.82, 2.24) is 19.9 Å². The van der Waals surface area contributed by atoms with Gasteiger partial charge in [-0.3, -0.25) is 0 Å². The fourth-order valence-corrected chi connectivity index (χ4v) is 6.16. The van der Waals surface area contributed by atoms with Crippen molar-refractivity contribution in [2.75, 3.05) is 14.2 Å². The van der Waals surface area contributed by atoms with Gasteiger partial charge in [-0.25, -0.2) is 9.97 Å². The molecule has 0 radical (unpaired) electrons. The number of allylic oxidation sites excluding steroid dienone is 2.